The Balaban J connectivity index is 2.71. The standard InChI is InChI=1S/C7H3N5O3.Ra.Rb.H/c8-5(13)4-1-3(6(14)15)10-7-11-9-2-12(4)7;;;/h1-2H,(H,14,15);;;. The summed E-state index contributed by atoms with van der Waals surface area (Å²) < 4.78 is 3.19. The SMILES string of the molecule is O=C(O)c1cc(C(=O)[N]([Rb])[RaH])n2cnnc2n1. The fourth-order valence-corrected chi connectivity index (χ4v) is 2.82. The molecule has 2 heterocycles. The summed E-state index contributed by atoms with van der Waals surface area (Å²) in [6, 6.07) is 1.27. The summed E-state index contributed by atoms with van der Waals surface area (Å²) in [6.07, 6.45) is 1.36. The van der Waals surface area contributed by atoms with Crippen molar-refractivity contribution in [1.82, 2.24) is 13.8 Å². The van der Waals surface area contributed by atoms with E-state index >= 15 is 0 Å². The Labute approximate surface area is 165 Å². The Hall–Kier alpha value is 0.763. The van der Waals surface area contributed by atoms with E-state index in [1.165, 1.54) is 16.8 Å². The van der Waals surface area contributed by atoms with E-state index in [1.807, 2.05) is 0 Å². The quantitative estimate of drug-likeness (QED) is 0.523. The molecule has 0 spiro atoms. The summed E-state index contributed by atoms with van der Waals surface area (Å²) in [6.45, 7) is 0. The van der Waals surface area contributed by atoms with Gasteiger partial charge in [-0.05, 0) is 0 Å². The zero-order valence-electron chi connectivity index (χ0n) is 9.15. The van der Waals surface area contributed by atoms with Crippen molar-refractivity contribution in [3.63, 3.8) is 0 Å². The third-order valence-electron chi connectivity index (χ3n) is 2.13. The van der Waals surface area contributed by atoms with Gasteiger partial charge in [0.2, 0.25) is 0 Å². The van der Waals surface area contributed by atoms with Crippen LogP contribution in [0, 0.1) is 43.2 Å². The summed E-state index contributed by atoms with van der Waals surface area (Å²) in [5, 5.41) is 16.2. The van der Waals surface area contributed by atoms with Crippen molar-refractivity contribution in [3.05, 3.63) is 23.8 Å². The van der Waals surface area contributed by atoms with E-state index in [1.54, 1.807) is -5.82 Å². The van der Waals surface area contributed by atoms with Crippen molar-refractivity contribution in [3.8, 4) is 0 Å². The van der Waals surface area contributed by atoms with Gasteiger partial charge in [-0.3, -0.25) is 0 Å². The number of hydrogen-bond acceptors (Lipinski definition) is 5. The number of aromatic carboxylic acids is 1. The third kappa shape index (κ3) is 3.02. The number of carboxylic acids is 1. The molecule has 2 aromatic heterocycles. The van der Waals surface area contributed by atoms with Crippen LogP contribution in [0.3, 0.4) is 0 Å². The molecule has 8 nitrogen and oxygen atoms in total. The Morgan fingerprint density at radius 3 is 2.82 bits per heavy atom. The van der Waals surface area contributed by atoms with E-state index in [4.69, 9.17) is 5.11 Å². The summed E-state index contributed by atoms with van der Waals surface area (Å²) in [4.78, 5) is 26.7. The third-order valence-corrected chi connectivity index (χ3v) is 4.80. The van der Waals surface area contributed by atoms with Gasteiger partial charge in [0.05, 0.1) is 0 Å². The van der Waals surface area contributed by atoms with Gasteiger partial charge in [-0.15, -0.1) is 0 Å². The van der Waals surface area contributed by atoms with Gasteiger partial charge in [0.1, 0.15) is 0 Å². The molecule has 17 heavy (non-hydrogen) atoms. The Bertz CT molecular complexity index is 613. The Morgan fingerprint density at radius 2 is 2.24 bits per heavy atom. The average molecular weight is 518 g/mol. The molecule has 2 rings (SSSR count). The van der Waals surface area contributed by atoms with Gasteiger partial charge in [-0.1, -0.05) is 0 Å². The molecule has 1 N–H and O–H groups in total. The summed E-state index contributed by atoms with van der Waals surface area (Å²) >= 11 is 0.0389. The first-order chi connectivity index (χ1) is 8.00. The van der Waals surface area contributed by atoms with Gasteiger partial charge in [0.15, 0.2) is 0 Å². The summed E-state index contributed by atoms with van der Waals surface area (Å²) in [5.74, 6) is -1.21. The minimum absolute atomic E-state index is 0.0583. The molecule has 0 bridgehead atoms. The number of hydrogen-bond donors (Lipinski definition) is 1. The molecule has 0 aromatic carbocycles. The van der Waals surface area contributed by atoms with Gasteiger partial charge in [0.25, 0.3) is 0 Å². The van der Waals surface area contributed by atoms with Gasteiger partial charge < -0.3 is 0 Å². The molecular weight excluding hydrogens is 514 g/mol. The molecule has 0 aliphatic heterocycles. The zero-order chi connectivity index (χ0) is 12.6. The van der Waals surface area contributed by atoms with E-state index in [9.17, 15) is 9.59 Å². The predicted molar refractivity (Wildman–Crippen MR) is 51.1 cm³/mol. The van der Waals surface area contributed by atoms with Crippen molar-refractivity contribution in [1.29, 1.82) is 0 Å². The molecule has 0 unspecified atom stereocenters. The topological polar surface area (TPSA) is 101 Å². The van der Waals surface area contributed by atoms with Crippen LogP contribution in [0.5, 0.6) is 0 Å². The molecule has 10 heteroatoms. The van der Waals surface area contributed by atoms with Crippen LogP contribution in [0.25, 0.3) is 5.78 Å². The monoisotopic (exact) mass is 517 g/mol. The minimum atomic E-state index is -1.18. The zero-order valence-corrected chi connectivity index (χ0v) is 22.3. The van der Waals surface area contributed by atoms with Crippen LogP contribution < -0.4 is 0 Å². The van der Waals surface area contributed by atoms with Crippen LogP contribution >= 0.6 is 0 Å². The van der Waals surface area contributed by atoms with Crippen LogP contribution in [0.1, 0.15) is 21.0 Å². The number of fused-ring (bicyclic) bond motifs is 1. The van der Waals surface area contributed by atoms with Crippen LogP contribution in [0.15, 0.2) is 12.4 Å². The maximum atomic E-state index is 12.0. The van der Waals surface area contributed by atoms with Crippen LogP contribution in [-0.2, 0) is 0 Å². The fourth-order valence-electron chi connectivity index (χ4n) is 1.32. The molecule has 2 aromatic rings. The predicted octanol–water partition coefficient (Wildman–Crippen LogP) is -1.46. The van der Waals surface area contributed by atoms with E-state index in [2.05, 4.69) is 15.2 Å². The van der Waals surface area contributed by atoms with Gasteiger partial charge in [0, 0.05) is 0 Å². The number of carboxylic acid groups (broad SMARTS) is 1. The van der Waals surface area contributed by atoms with E-state index < -0.39 is 5.97 Å². The second-order valence-corrected chi connectivity index (χ2v) is 30.4. The fraction of sp³-hybridized carbons (Fsp3) is 0. The molecule has 0 aliphatic carbocycles. The Morgan fingerprint density at radius 1 is 1.53 bits per heavy atom. The number of amides is 1. The number of rotatable bonds is 2. The van der Waals surface area contributed by atoms with E-state index in [0.29, 0.717) is 0 Å². The summed E-state index contributed by atoms with van der Waals surface area (Å²) in [5.41, 5.74) is 0.0736. The maximum absolute atomic E-state index is 12.0. The summed E-state index contributed by atoms with van der Waals surface area (Å²) in [7, 11) is 0. The van der Waals surface area contributed by atoms with Crippen molar-refractivity contribution in [2.24, 2.45) is 0 Å². The van der Waals surface area contributed by atoms with E-state index in [-0.39, 0.29) is 122 Å². The van der Waals surface area contributed by atoms with Crippen molar-refractivity contribution in [2.45, 2.75) is 0 Å². The van der Waals surface area contributed by atoms with Gasteiger partial charge in [-0.2, -0.15) is 0 Å². The molecule has 0 atom stereocenters. The number of nitrogens with zero attached hydrogens (tertiary/aromatic N) is 5. The first-order valence-electron chi connectivity index (χ1n) is 4.66. The van der Waals surface area contributed by atoms with Gasteiger partial charge in [-0.25, -0.2) is 0 Å². The molecule has 0 saturated heterocycles. The first-order valence-corrected chi connectivity index (χ1v) is 10.5. The normalized spacial score (nSPS) is 10.4. The number of carbonyl (C=O) groups excluding carboxylic acids is 1. The molecule has 0 fully saturated rings. The number of aromatic nitrogens is 4. The van der Waals surface area contributed by atoms with Crippen LogP contribution in [0.4, 0.5) is 0 Å². The van der Waals surface area contributed by atoms with Crippen molar-refractivity contribution in [2.75, 3.05) is 0 Å². The molecule has 0 aliphatic rings. The van der Waals surface area contributed by atoms with Crippen molar-refractivity contribution < 1.29 is 57.9 Å². The average Bonchev–Trinajstić information content (AvgIpc) is 2.74. The van der Waals surface area contributed by atoms with Crippen molar-refractivity contribution >= 4 is 73.7 Å². The van der Waals surface area contributed by atoms with Crippen LogP contribution in [-0.4, -0.2) is 86.8 Å². The van der Waals surface area contributed by atoms with Crippen LogP contribution in [0.2, 0.25) is 0 Å². The molecular formula is C7H4N5O3RaRb. The molecule has 0 saturated carbocycles. The second-order valence-electron chi connectivity index (χ2n) is 3.53. The van der Waals surface area contributed by atoms with E-state index in [0.717, 1.165) is 0 Å². The first kappa shape index (κ1) is 14.2. The second kappa shape index (κ2) is 5.81. The molecule has 0 radical (unpaired) electrons. The number of carbonyl (C=O) groups is 2. The Kier molecular flexibility index (Phi) is 4.85. The molecule has 1 amide bonds. The van der Waals surface area contributed by atoms with Gasteiger partial charge >= 0.3 is 169 Å². The molecule has 78 valence electrons.